The molecular weight excluding hydrogens is 289 g/mol. The first-order chi connectivity index (χ1) is 10.6. The largest absolute Gasteiger partial charge is 0.396 e. The van der Waals surface area contributed by atoms with Crippen molar-refractivity contribution in [3.8, 4) is 0 Å². The number of hydrogen-bond donors (Lipinski definition) is 1. The smallest absolute Gasteiger partial charge is 0.267 e. The maximum absolute atomic E-state index is 13.7. The van der Waals surface area contributed by atoms with Crippen molar-refractivity contribution in [2.45, 2.75) is 0 Å². The Kier molecular flexibility index (Phi) is 2.35. The number of anilines is 2. The molecule has 0 spiro atoms. The van der Waals surface area contributed by atoms with Gasteiger partial charge >= 0.3 is 0 Å². The van der Waals surface area contributed by atoms with Crippen LogP contribution in [0.1, 0.15) is 20.7 Å². The van der Waals surface area contributed by atoms with Crippen molar-refractivity contribution in [1.29, 1.82) is 0 Å². The van der Waals surface area contributed by atoms with Crippen LogP contribution >= 0.6 is 0 Å². The Balaban J connectivity index is 1.92. The number of halogens is 1. The Morgan fingerprint density at radius 1 is 1.09 bits per heavy atom. The molecule has 0 atom stereocenters. The van der Waals surface area contributed by atoms with Gasteiger partial charge in [-0.05, 0) is 18.2 Å². The van der Waals surface area contributed by atoms with E-state index in [2.05, 4.69) is 5.16 Å². The summed E-state index contributed by atoms with van der Waals surface area (Å²) in [6, 6.07) is 8.79. The molecular formula is C15H8FN3O3. The fourth-order valence-electron chi connectivity index (χ4n) is 2.50. The fraction of sp³-hybridized carbons (Fsp3) is 0. The van der Waals surface area contributed by atoms with E-state index in [1.807, 2.05) is 0 Å². The molecule has 6 nitrogen and oxygen atoms in total. The number of rotatable bonds is 1. The first-order valence-corrected chi connectivity index (χ1v) is 6.40. The van der Waals surface area contributed by atoms with Gasteiger partial charge in [0.2, 0.25) is 0 Å². The minimum absolute atomic E-state index is 0.0416. The van der Waals surface area contributed by atoms with Crippen molar-refractivity contribution in [2.75, 3.05) is 10.6 Å². The van der Waals surface area contributed by atoms with E-state index in [9.17, 15) is 14.0 Å². The Bertz CT molecular complexity index is 929. The van der Waals surface area contributed by atoms with E-state index in [1.54, 1.807) is 24.3 Å². The number of aromatic nitrogens is 1. The molecule has 2 N–H and O–H groups in total. The summed E-state index contributed by atoms with van der Waals surface area (Å²) >= 11 is 0. The van der Waals surface area contributed by atoms with Crippen LogP contribution in [0, 0.1) is 5.82 Å². The molecule has 0 saturated heterocycles. The molecule has 4 rings (SSSR count). The highest BCUT2D eigenvalue weighted by Gasteiger charge is 2.39. The third-order valence-corrected chi connectivity index (χ3v) is 3.58. The Labute approximate surface area is 122 Å². The number of amides is 2. The highest BCUT2D eigenvalue weighted by molar-refractivity contribution is 6.35. The van der Waals surface area contributed by atoms with E-state index in [0.717, 1.165) is 11.0 Å². The zero-order chi connectivity index (χ0) is 15.4. The molecule has 0 saturated carbocycles. The number of nitrogens with zero attached hydrogens (tertiary/aromatic N) is 2. The summed E-state index contributed by atoms with van der Waals surface area (Å²) < 4.78 is 18.7. The molecule has 1 aliphatic heterocycles. The third-order valence-electron chi connectivity index (χ3n) is 3.58. The van der Waals surface area contributed by atoms with Gasteiger partial charge < -0.3 is 10.3 Å². The molecule has 0 radical (unpaired) electrons. The van der Waals surface area contributed by atoms with Gasteiger partial charge in [0.25, 0.3) is 11.8 Å². The van der Waals surface area contributed by atoms with E-state index in [4.69, 9.17) is 10.3 Å². The summed E-state index contributed by atoms with van der Waals surface area (Å²) in [6.07, 6.45) is 0. The van der Waals surface area contributed by atoms with Crippen molar-refractivity contribution in [3.05, 3.63) is 53.3 Å². The fourth-order valence-corrected chi connectivity index (χ4v) is 2.50. The van der Waals surface area contributed by atoms with Crippen molar-refractivity contribution in [1.82, 2.24) is 5.16 Å². The number of carbonyl (C=O) groups is 2. The van der Waals surface area contributed by atoms with Gasteiger partial charge in [-0.3, -0.25) is 9.59 Å². The highest BCUT2D eigenvalue weighted by Crippen LogP contribution is 2.34. The summed E-state index contributed by atoms with van der Waals surface area (Å²) in [5.74, 6) is -1.75. The summed E-state index contributed by atoms with van der Waals surface area (Å²) in [6.45, 7) is 0. The maximum atomic E-state index is 13.7. The Hall–Kier alpha value is -3.22. The van der Waals surface area contributed by atoms with E-state index < -0.39 is 17.6 Å². The third kappa shape index (κ3) is 1.50. The topological polar surface area (TPSA) is 89.4 Å². The number of nitrogen functional groups attached to an aromatic ring is 1. The van der Waals surface area contributed by atoms with Gasteiger partial charge in [0.1, 0.15) is 5.82 Å². The molecule has 3 aromatic rings. The minimum atomic E-state index is -0.673. The van der Waals surface area contributed by atoms with E-state index in [-0.39, 0.29) is 33.6 Å². The van der Waals surface area contributed by atoms with Gasteiger partial charge in [-0.2, -0.15) is 0 Å². The van der Waals surface area contributed by atoms with Crippen LogP contribution in [0.15, 0.2) is 40.9 Å². The molecule has 0 fully saturated rings. The lowest BCUT2D eigenvalue weighted by molar-refractivity contribution is 0.0924. The SMILES string of the molecule is Nc1cc2onc(N3C(=O)c4ccccc4C3=O)c2cc1F. The number of carbonyl (C=O) groups excluding carboxylic acids is 2. The van der Waals surface area contributed by atoms with Gasteiger partial charge in [-0.15, -0.1) is 0 Å². The predicted molar refractivity (Wildman–Crippen MR) is 76.0 cm³/mol. The molecule has 1 aliphatic rings. The highest BCUT2D eigenvalue weighted by atomic mass is 19.1. The first-order valence-electron chi connectivity index (χ1n) is 6.40. The molecule has 2 aromatic carbocycles. The average molecular weight is 297 g/mol. The van der Waals surface area contributed by atoms with Crippen LogP contribution in [-0.4, -0.2) is 17.0 Å². The molecule has 7 heteroatoms. The minimum Gasteiger partial charge on any atom is -0.396 e. The maximum Gasteiger partial charge on any atom is 0.267 e. The van der Waals surface area contributed by atoms with Crippen LogP contribution in [0.25, 0.3) is 11.0 Å². The predicted octanol–water partition coefficient (Wildman–Crippen LogP) is 2.35. The molecule has 108 valence electrons. The van der Waals surface area contributed by atoms with Crippen LogP contribution < -0.4 is 10.6 Å². The summed E-state index contributed by atoms with van der Waals surface area (Å²) in [7, 11) is 0. The van der Waals surface area contributed by atoms with E-state index in [1.165, 1.54) is 6.07 Å². The lowest BCUT2D eigenvalue weighted by atomic mass is 10.1. The van der Waals surface area contributed by atoms with Crippen molar-refractivity contribution in [2.24, 2.45) is 0 Å². The van der Waals surface area contributed by atoms with Crippen LogP contribution in [0.4, 0.5) is 15.9 Å². The number of hydrogen-bond acceptors (Lipinski definition) is 5. The van der Waals surface area contributed by atoms with Gasteiger partial charge in [0.15, 0.2) is 11.4 Å². The van der Waals surface area contributed by atoms with Gasteiger partial charge in [-0.1, -0.05) is 17.3 Å². The number of nitrogens with two attached hydrogens (primary N) is 1. The first kappa shape index (κ1) is 12.5. The Morgan fingerprint density at radius 2 is 1.73 bits per heavy atom. The van der Waals surface area contributed by atoms with Gasteiger partial charge in [0.05, 0.1) is 22.2 Å². The molecule has 0 bridgehead atoms. The molecule has 2 heterocycles. The molecule has 1 aromatic heterocycles. The molecule has 2 amide bonds. The second-order valence-corrected chi connectivity index (χ2v) is 4.87. The van der Waals surface area contributed by atoms with Crippen molar-refractivity contribution >= 4 is 34.3 Å². The number of benzene rings is 2. The molecule has 0 unspecified atom stereocenters. The Morgan fingerprint density at radius 3 is 2.36 bits per heavy atom. The van der Waals surface area contributed by atoms with Gasteiger partial charge in [-0.25, -0.2) is 9.29 Å². The van der Waals surface area contributed by atoms with Crippen molar-refractivity contribution < 1.29 is 18.5 Å². The zero-order valence-electron chi connectivity index (χ0n) is 11.0. The number of imide groups is 1. The monoisotopic (exact) mass is 297 g/mol. The van der Waals surface area contributed by atoms with Crippen LogP contribution in [0.5, 0.6) is 0 Å². The van der Waals surface area contributed by atoms with Crippen LogP contribution in [-0.2, 0) is 0 Å². The second-order valence-electron chi connectivity index (χ2n) is 4.87. The van der Waals surface area contributed by atoms with E-state index >= 15 is 0 Å². The summed E-state index contributed by atoms with van der Waals surface area (Å²) in [4.78, 5) is 25.7. The normalized spacial score (nSPS) is 14.0. The standard InChI is InChI=1S/C15H8FN3O3/c16-10-5-9-12(6-11(10)17)22-18-13(9)19-14(20)7-3-1-2-4-8(7)15(19)21/h1-6H,17H2. The molecule has 0 aliphatic carbocycles. The van der Waals surface area contributed by atoms with E-state index in [0.29, 0.717) is 0 Å². The second kappa shape index (κ2) is 4.14. The number of fused-ring (bicyclic) bond motifs is 2. The summed E-state index contributed by atoms with van der Waals surface area (Å²) in [5.41, 5.74) is 6.12. The van der Waals surface area contributed by atoms with Crippen molar-refractivity contribution in [3.63, 3.8) is 0 Å². The van der Waals surface area contributed by atoms with Gasteiger partial charge in [0, 0.05) is 6.07 Å². The quantitative estimate of drug-likeness (QED) is 0.550. The lowest BCUT2D eigenvalue weighted by Gasteiger charge is -2.09. The van der Waals surface area contributed by atoms with Crippen LogP contribution in [0.3, 0.4) is 0 Å². The average Bonchev–Trinajstić information content (AvgIpc) is 3.00. The molecule has 22 heavy (non-hydrogen) atoms. The van der Waals surface area contributed by atoms with Crippen LogP contribution in [0.2, 0.25) is 0 Å². The summed E-state index contributed by atoms with van der Waals surface area (Å²) in [5, 5.41) is 3.94. The lowest BCUT2D eigenvalue weighted by Crippen LogP contribution is -2.29. The zero-order valence-corrected chi connectivity index (χ0v) is 11.0.